The monoisotopic (exact) mass is 325 g/mol. The van der Waals surface area contributed by atoms with E-state index >= 15 is 0 Å². The molecule has 1 fully saturated rings. The maximum absolute atomic E-state index is 12.2. The van der Waals surface area contributed by atoms with E-state index in [4.69, 9.17) is 0 Å². The minimum Gasteiger partial charge on any atom is -0.332 e. The molecule has 2 N–H and O–H groups in total. The fourth-order valence-electron chi connectivity index (χ4n) is 2.81. The number of hydrogen-bond acceptors (Lipinski definition) is 4. The zero-order chi connectivity index (χ0) is 16.8. The quantitative estimate of drug-likeness (QED) is 0.887. The standard InChI is InChI=1S/C18H23N5O/c1-14-10-20-16(11-19-14)12-21-18(24)22-17-7-3-2-6-15(17)13-23-8-4-5-9-23/h2-3,6-7,10-11H,4-5,8-9,12-13H2,1H3,(H2,21,22,24). The average Bonchev–Trinajstić information content (AvgIpc) is 3.09. The Morgan fingerprint density at radius 2 is 1.96 bits per heavy atom. The highest BCUT2D eigenvalue weighted by molar-refractivity contribution is 5.90. The molecule has 2 amide bonds. The molecule has 2 heterocycles. The van der Waals surface area contributed by atoms with Crippen molar-refractivity contribution < 1.29 is 4.79 Å². The van der Waals surface area contributed by atoms with Crippen molar-refractivity contribution in [3.8, 4) is 0 Å². The second kappa shape index (κ2) is 7.88. The number of carbonyl (C=O) groups is 1. The lowest BCUT2D eigenvalue weighted by Gasteiger charge is -2.18. The van der Waals surface area contributed by atoms with Crippen LogP contribution in [0, 0.1) is 6.92 Å². The number of benzene rings is 1. The first-order chi connectivity index (χ1) is 11.7. The molecule has 6 heteroatoms. The van der Waals surface area contributed by atoms with Gasteiger partial charge in [0.05, 0.1) is 24.1 Å². The number of anilines is 1. The van der Waals surface area contributed by atoms with Crippen LogP contribution in [0.25, 0.3) is 0 Å². The summed E-state index contributed by atoms with van der Waals surface area (Å²) >= 11 is 0. The van der Waals surface area contributed by atoms with Crippen molar-refractivity contribution in [1.82, 2.24) is 20.2 Å². The Balaban J connectivity index is 1.56. The molecule has 126 valence electrons. The van der Waals surface area contributed by atoms with Crippen molar-refractivity contribution in [3.05, 3.63) is 53.6 Å². The Morgan fingerprint density at radius 1 is 1.17 bits per heavy atom. The number of urea groups is 1. The summed E-state index contributed by atoms with van der Waals surface area (Å²) in [6, 6.07) is 7.73. The van der Waals surface area contributed by atoms with Crippen molar-refractivity contribution in [2.45, 2.75) is 32.9 Å². The Hall–Kier alpha value is -2.47. The predicted molar refractivity (Wildman–Crippen MR) is 93.6 cm³/mol. The van der Waals surface area contributed by atoms with E-state index in [0.717, 1.165) is 42.3 Å². The van der Waals surface area contributed by atoms with Crippen LogP contribution in [0.4, 0.5) is 10.5 Å². The summed E-state index contributed by atoms with van der Waals surface area (Å²) in [4.78, 5) is 23.0. The molecule has 0 saturated carbocycles. The molecule has 1 aromatic heterocycles. The lowest BCUT2D eigenvalue weighted by molar-refractivity contribution is 0.251. The highest BCUT2D eigenvalue weighted by Gasteiger charge is 2.14. The van der Waals surface area contributed by atoms with Crippen LogP contribution in [0.3, 0.4) is 0 Å². The summed E-state index contributed by atoms with van der Waals surface area (Å²) in [7, 11) is 0. The molecule has 6 nitrogen and oxygen atoms in total. The van der Waals surface area contributed by atoms with E-state index in [-0.39, 0.29) is 6.03 Å². The summed E-state index contributed by atoms with van der Waals surface area (Å²) in [6.07, 6.45) is 5.89. The topological polar surface area (TPSA) is 70.2 Å². The number of nitrogens with zero attached hydrogens (tertiary/aromatic N) is 3. The third-order valence-electron chi connectivity index (χ3n) is 4.12. The fraction of sp³-hybridized carbons (Fsp3) is 0.389. The van der Waals surface area contributed by atoms with Crippen LogP contribution in [0.1, 0.15) is 29.8 Å². The van der Waals surface area contributed by atoms with E-state index in [1.54, 1.807) is 12.4 Å². The predicted octanol–water partition coefficient (Wildman–Crippen LogP) is 2.70. The molecule has 0 spiro atoms. The first-order valence-corrected chi connectivity index (χ1v) is 8.33. The number of rotatable bonds is 5. The van der Waals surface area contributed by atoms with Crippen LogP contribution >= 0.6 is 0 Å². The van der Waals surface area contributed by atoms with E-state index in [1.165, 1.54) is 12.8 Å². The van der Waals surface area contributed by atoms with E-state index in [9.17, 15) is 4.79 Å². The number of aromatic nitrogens is 2. The number of hydrogen-bond donors (Lipinski definition) is 2. The highest BCUT2D eigenvalue weighted by Crippen LogP contribution is 2.19. The van der Waals surface area contributed by atoms with Crippen LogP contribution in [-0.2, 0) is 13.1 Å². The second-order valence-corrected chi connectivity index (χ2v) is 6.10. The normalized spacial score (nSPS) is 14.5. The Labute approximate surface area is 142 Å². The Morgan fingerprint density at radius 3 is 2.71 bits per heavy atom. The minimum atomic E-state index is -0.230. The number of aryl methyl sites for hydroxylation is 1. The van der Waals surface area contributed by atoms with Crippen LogP contribution in [0.15, 0.2) is 36.7 Å². The van der Waals surface area contributed by atoms with Crippen LogP contribution in [-0.4, -0.2) is 34.0 Å². The molecule has 1 saturated heterocycles. The largest absolute Gasteiger partial charge is 0.332 e. The summed E-state index contributed by atoms with van der Waals surface area (Å²) < 4.78 is 0. The fourth-order valence-corrected chi connectivity index (χ4v) is 2.81. The van der Waals surface area contributed by atoms with Gasteiger partial charge in [-0.3, -0.25) is 14.9 Å². The molecule has 0 bridgehead atoms. The van der Waals surface area contributed by atoms with Crippen LogP contribution in [0.5, 0.6) is 0 Å². The van der Waals surface area contributed by atoms with Crippen molar-refractivity contribution in [3.63, 3.8) is 0 Å². The molecule has 0 aliphatic carbocycles. The van der Waals surface area contributed by atoms with Gasteiger partial charge < -0.3 is 10.6 Å². The SMILES string of the molecule is Cc1cnc(CNC(=O)Nc2ccccc2CN2CCCC2)cn1. The van der Waals surface area contributed by atoms with E-state index in [0.29, 0.717) is 6.54 Å². The summed E-state index contributed by atoms with van der Waals surface area (Å²) in [6.45, 7) is 5.38. The molecular weight excluding hydrogens is 302 g/mol. The van der Waals surface area contributed by atoms with Crippen LogP contribution < -0.4 is 10.6 Å². The molecular formula is C18H23N5O. The Kier molecular flexibility index (Phi) is 5.38. The van der Waals surface area contributed by atoms with Gasteiger partial charge in [0.25, 0.3) is 0 Å². The van der Waals surface area contributed by atoms with E-state index in [1.807, 2.05) is 25.1 Å². The van der Waals surface area contributed by atoms with Gasteiger partial charge in [0.15, 0.2) is 0 Å². The zero-order valence-corrected chi connectivity index (χ0v) is 14.0. The number of carbonyl (C=O) groups excluding carboxylic acids is 1. The van der Waals surface area contributed by atoms with Crippen molar-refractivity contribution in [1.29, 1.82) is 0 Å². The maximum Gasteiger partial charge on any atom is 0.319 e. The van der Waals surface area contributed by atoms with Crippen molar-refractivity contribution in [2.24, 2.45) is 0 Å². The number of nitrogens with one attached hydrogen (secondary N) is 2. The van der Waals surface area contributed by atoms with Gasteiger partial charge in [0, 0.05) is 18.4 Å². The first-order valence-electron chi connectivity index (χ1n) is 8.33. The number of likely N-dealkylation sites (tertiary alicyclic amines) is 1. The minimum absolute atomic E-state index is 0.230. The first kappa shape index (κ1) is 16.4. The smallest absolute Gasteiger partial charge is 0.319 e. The molecule has 3 rings (SSSR count). The van der Waals surface area contributed by atoms with Gasteiger partial charge in [-0.05, 0) is 44.5 Å². The lowest BCUT2D eigenvalue weighted by Crippen LogP contribution is -2.29. The van der Waals surface area contributed by atoms with Gasteiger partial charge in [-0.25, -0.2) is 4.79 Å². The van der Waals surface area contributed by atoms with Crippen molar-refractivity contribution in [2.75, 3.05) is 18.4 Å². The van der Waals surface area contributed by atoms with Crippen LogP contribution in [0.2, 0.25) is 0 Å². The molecule has 1 aliphatic heterocycles. The summed E-state index contributed by atoms with van der Waals surface area (Å²) in [5, 5.41) is 5.76. The summed E-state index contributed by atoms with van der Waals surface area (Å²) in [5.74, 6) is 0. The molecule has 2 aromatic rings. The van der Waals surface area contributed by atoms with Gasteiger partial charge in [0.1, 0.15) is 0 Å². The van der Waals surface area contributed by atoms with E-state index in [2.05, 4.69) is 31.6 Å². The third kappa shape index (κ3) is 4.52. The van der Waals surface area contributed by atoms with Crippen molar-refractivity contribution >= 4 is 11.7 Å². The number of amides is 2. The van der Waals surface area contributed by atoms with Gasteiger partial charge in [-0.2, -0.15) is 0 Å². The third-order valence-corrected chi connectivity index (χ3v) is 4.12. The average molecular weight is 325 g/mol. The van der Waals surface area contributed by atoms with Gasteiger partial charge >= 0.3 is 6.03 Å². The second-order valence-electron chi connectivity index (χ2n) is 6.10. The van der Waals surface area contributed by atoms with Gasteiger partial charge in [-0.1, -0.05) is 18.2 Å². The van der Waals surface area contributed by atoms with Gasteiger partial charge in [0.2, 0.25) is 0 Å². The summed E-state index contributed by atoms with van der Waals surface area (Å²) in [5.41, 5.74) is 3.60. The van der Waals surface area contributed by atoms with E-state index < -0.39 is 0 Å². The molecule has 0 unspecified atom stereocenters. The number of para-hydroxylation sites is 1. The zero-order valence-electron chi connectivity index (χ0n) is 14.0. The Bertz CT molecular complexity index is 680. The molecule has 1 aliphatic rings. The van der Waals surface area contributed by atoms with Gasteiger partial charge in [-0.15, -0.1) is 0 Å². The molecule has 24 heavy (non-hydrogen) atoms. The molecule has 0 radical (unpaired) electrons. The molecule has 1 aromatic carbocycles. The lowest BCUT2D eigenvalue weighted by atomic mass is 10.1. The molecule has 0 atom stereocenters. The maximum atomic E-state index is 12.2. The highest BCUT2D eigenvalue weighted by atomic mass is 16.2.